The molecule has 0 bridgehead atoms. The van der Waals surface area contributed by atoms with Crippen molar-refractivity contribution >= 4 is 49.8 Å². The van der Waals surface area contributed by atoms with Crippen LogP contribution in [0.15, 0.2) is 46.9 Å². The number of hydrogen-bond donors (Lipinski definition) is 1. The molecule has 0 atom stereocenters. The van der Waals surface area contributed by atoms with Gasteiger partial charge in [-0.25, -0.2) is 4.79 Å². The van der Waals surface area contributed by atoms with Crippen LogP contribution in [0.3, 0.4) is 0 Å². The van der Waals surface area contributed by atoms with E-state index in [0.717, 1.165) is 27.1 Å². The van der Waals surface area contributed by atoms with Gasteiger partial charge in [0.05, 0.1) is 0 Å². The molecule has 0 aliphatic heterocycles. The average Bonchev–Trinajstić information content (AvgIpc) is 2.69. The minimum atomic E-state index is -0.939. The van der Waals surface area contributed by atoms with Gasteiger partial charge >= 0.3 is 5.97 Å². The van der Waals surface area contributed by atoms with Crippen molar-refractivity contribution in [3.05, 3.63) is 52.5 Å². The van der Waals surface area contributed by atoms with Crippen molar-refractivity contribution in [1.82, 2.24) is 4.57 Å². The fraction of sp³-hybridized carbons (Fsp3) is 0.0625. The molecule has 4 heteroatoms. The average molecular weight is 330 g/mol. The lowest BCUT2D eigenvalue weighted by Crippen LogP contribution is -1.88. The molecule has 0 radical (unpaired) electrons. The van der Waals surface area contributed by atoms with Crippen molar-refractivity contribution in [3.63, 3.8) is 0 Å². The molecule has 3 nitrogen and oxygen atoms in total. The molecule has 0 aliphatic carbocycles. The molecule has 0 amide bonds. The van der Waals surface area contributed by atoms with Gasteiger partial charge in [0.15, 0.2) is 0 Å². The molecule has 3 aromatic rings. The van der Waals surface area contributed by atoms with Crippen LogP contribution in [0.2, 0.25) is 0 Å². The third kappa shape index (κ3) is 2.12. The smallest absolute Gasteiger partial charge is 0.328 e. The van der Waals surface area contributed by atoms with Crippen molar-refractivity contribution in [2.75, 3.05) is 0 Å². The summed E-state index contributed by atoms with van der Waals surface area (Å²) in [5, 5.41) is 11.1. The van der Waals surface area contributed by atoms with E-state index < -0.39 is 5.97 Å². The van der Waals surface area contributed by atoms with E-state index in [0.29, 0.717) is 0 Å². The van der Waals surface area contributed by atoms with Gasteiger partial charge in [0, 0.05) is 39.4 Å². The molecule has 0 aliphatic rings. The Morgan fingerprint density at radius 2 is 1.80 bits per heavy atom. The zero-order valence-electron chi connectivity index (χ0n) is 10.8. The molecule has 3 rings (SSSR count). The number of carbonyl (C=O) groups is 1. The number of rotatable bonds is 2. The number of fused-ring (bicyclic) bond motifs is 3. The van der Waals surface area contributed by atoms with Gasteiger partial charge < -0.3 is 9.67 Å². The van der Waals surface area contributed by atoms with Crippen LogP contribution in [-0.4, -0.2) is 15.6 Å². The van der Waals surface area contributed by atoms with Crippen LogP contribution >= 0.6 is 15.9 Å². The maximum atomic E-state index is 10.6. The van der Waals surface area contributed by atoms with Crippen LogP contribution < -0.4 is 0 Å². The molecule has 0 saturated heterocycles. The molecule has 0 spiro atoms. The summed E-state index contributed by atoms with van der Waals surface area (Å²) in [6, 6.07) is 12.2. The fourth-order valence-electron chi connectivity index (χ4n) is 2.46. The molecule has 0 unspecified atom stereocenters. The Morgan fingerprint density at radius 1 is 1.15 bits per heavy atom. The fourth-order valence-corrected chi connectivity index (χ4v) is 2.81. The number of hydrogen-bond acceptors (Lipinski definition) is 1. The standard InChI is InChI=1S/C16H12BrNO2/c1-18-14-8-10(3-7-16(19)20)2-5-12(14)13-6-4-11(17)9-15(13)18/h2-9H,1H3,(H,19,20)/b7-3+. The van der Waals surface area contributed by atoms with Crippen LogP contribution in [0.5, 0.6) is 0 Å². The maximum absolute atomic E-state index is 10.6. The normalized spacial score (nSPS) is 11.7. The Morgan fingerprint density at radius 3 is 2.50 bits per heavy atom. The van der Waals surface area contributed by atoms with Gasteiger partial charge in [0.2, 0.25) is 0 Å². The summed E-state index contributed by atoms with van der Waals surface area (Å²) in [6.45, 7) is 0. The maximum Gasteiger partial charge on any atom is 0.328 e. The summed E-state index contributed by atoms with van der Waals surface area (Å²) < 4.78 is 3.16. The second-order valence-electron chi connectivity index (χ2n) is 4.67. The number of nitrogens with zero attached hydrogens (tertiary/aromatic N) is 1. The molecule has 100 valence electrons. The van der Waals surface area contributed by atoms with Gasteiger partial charge in [-0.3, -0.25) is 0 Å². The van der Waals surface area contributed by atoms with Gasteiger partial charge in [0.1, 0.15) is 0 Å². The molecule has 1 N–H and O–H groups in total. The summed E-state index contributed by atoms with van der Waals surface area (Å²) in [7, 11) is 2.02. The molecule has 2 aromatic carbocycles. The second kappa shape index (κ2) is 4.80. The van der Waals surface area contributed by atoms with Gasteiger partial charge in [-0.1, -0.05) is 34.1 Å². The van der Waals surface area contributed by atoms with Crippen molar-refractivity contribution in [3.8, 4) is 0 Å². The summed E-state index contributed by atoms with van der Waals surface area (Å²) in [4.78, 5) is 10.6. The van der Waals surface area contributed by atoms with Gasteiger partial charge in [-0.2, -0.15) is 0 Å². The third-order valence-electron chi connectivity index (χ3n) is 3.41. The predicted octanol–water partition coefficient (Wildman–Crippen LogP) is 4.19. The van der Waals surface area contributed by atoms with Crippen LogP contribution in [0.25, 0.3) is 27.9 Å². The Bertz CT molecular complexity index is 862. The topological polar surface area (TPSA) is 42.2 Å². The number of carboxylic acids is 1. The first-order chi connectivity index (χ1) is 9.56. The first kappa shape index (κ1) is 12.9. The summed E-state index contributed by atoms with van der Waals surface area (Å²) >= 11 is 3.49. The van der Waals surface area contributed by atoms with Crippen molar-refractivity contribution in [2.45, 2.75) is 0 Å². The highest BCUT2D eigenvalue weighted by molar-refractivity contribution is 9.10. The Balaban J connectivity index is 2.27. The van der Waals surface area contributed by atoms with E-state index in [4.69, 9.17) is 5.11 Å². The molecule has 1 aromatic heterocycles. The van der Waals surface area contributed by atoms with Crippen LogP contribution in [-0.2, 0) is 11.8 Å². The van der Waals surface area contributed by atoms with Crippen molar-refractivity contribution < 1.29 is 9.90 Å². The number of benzene rings is 2. The van der Waals surface area contributed by atoms with E-state index in [9.17, 15) is 4.79 Å². The quantitative estimate of drug-likeness (QED) is 0.716. The molecule has 1 heterocycles. The minimum absolute atomic E-state index is 0.880. The molecular weight excluding hydrogens is 318 g/mol. The second-order valence-corrected chi connectivity index (χ2v) is 5.58. The Kier molecular flexibility index (Phi) is 3.10. The predicted molar refractivity (Wildman–Crippen MR) is 84.8 cm³/mol. The summed E-state index contributed by atoms with van der Waals surface area (Å²) in [5.74, 6) is -0.939. The lowest BCUT2D eigenvalue weighted by atomic mass is 10.1. The monoisotopic (exact) mass is 329 g/mol. The summed E-state index contributed by atoms with van der Waals surface area (Å²) in [6.07, 6.45) is 2.76. The van der Waals surface area contributed by atoms with E-state index in [1.54, 1.807) is 6.08 Å². The number of aliphatic carboxylic acids is 1. The number of carboxylic acid groups (broad SMARTS) is 1. The highest BCUT2D eigenvalue weighted by Crippen LogP contribution is 2.30. The Hall–Kier alpha value is -2.07. The first-order valence-corrected chi connectivity index (χ1v) is 6.94. The highest BCUT2D eigenvalue weighted by Gasteiger charge is 2.08. The largest absolute Gasteiger partial charge is 0.478 e. The van der Waals surface area contributed by atoms with Gasteiger partial charge in [0.25, 0.3) is 0 Å². The molecule has 0 fully saturated rings. The zero-order valence-corrected chi connectivity index (χ0v) is 12.4. The number of aryl methyl sites for hydroxylation is 1. The lowest BCUT2D eigenvalue weighted by molar-refractivity contribution is -0.131. The Labute approximate surface area is 124 Å². The molecule has 20 heavy (non-hydrogen) atoms. The van der Waals surface area contributed by atoms with Gasteiger partial charge in [-0.15, -0.1) is 0 Å². The third-order valence-corrected chi connectivity index (χ3v) is 3.91. The first-order valence-electron chi connectivity index (χ1n) is 6.15. The van der Waals surface area contributed by atoms with Crippen LogP contribution in [0.1, 0.15) is 5.56 Å². The minimum Gasteiger partial charge on any atom is -0.478 e. The van der Waals surface area contributed by atoms with Crippen LogP contribution in [0, 0.1) is 0 Å². The van der Waals surface area contributed by atoms with E-state index >= 15 is 0 Å². The zero-order chi connectivity index (χ0) is 14.3. The SMILES string of the molecule is Cn1c2cc(Br)ccc2c2ccc(/C=C/C(=O)O)cc21. The molecular formula is C16H12BrNO2. The van der Waals surface area contributed by atoms with Crippen LogP contribution in [0.4, 0.5) is 0 Å². The van der Waals surface area contributed by atoms with Crippen molar-refractivity contribution in [1.29, 1.82) is 0 Å². The van der Waals surface area contributed by atoms with E-state index in [-0.39, 0.29) is 0 Å². The van der Waals surface area contributed by atoms with E-state index in [2.05, 4.69) is 32.6 Å². The number of aromatic nitrogens is 1. The summed E-state index contributed by atoms with van der Waals surface area (Å²) in [5.41, 5.74) is 3.12. The van der Waals surface area contributed by atoms with Gasteiger partial charge in [-0.05, 0) is 29.8 Å². The highest BCUT2D eigenvalue weighted by atomic mass is 79.9. The number of halogens is 1. The van der Waals surface area contributed by atoms with E-state index in [1.165, 1.54) is 10.8 Å². The van der Waals surface area contributed by atoms with Crippen molar-refractivity contribution in [2.24, 2.45) is 7.05 Å². The van der Waals surface area contributed by atoms with E-state index in [1.807, 2.05) is 31.3 Å². The lowest BCUT2D eigenvalue weighted by Gasteiger charge is -1.99. The molecule has 0 saturated carbocycles.